The van der Waals surface area contributed by atoms with Crippen molar-refractivity contribution < 1.29 is 9.59 Å². The molecule has 1 N–H and O–H groups in total. The van der Waals surface area contributed by atoms with Crippen LogP contribution < -0.4 is 5.32 Å². The Morgan fingerprint density at radius 2 is 1.78 bits per heavy atom. The number of nitrogens with zero attached hydrogens (tertiary/aromatic N) is 2. The Kier molecular flexibility index (Phi) is 3.70. The molecule has 2 heterocycles. The molecule has 0 radical (unpaired) electrons. The molecule has 1 aromatic carbocycles. The van der Waals surface area contributed by atoms with Crippen molar-refractivity contribution in [3.8, 4) is 0 Å². The maximum absolute atomic E-state index is 12.6. The predicted octanol–water partition coefficient (Wildman–Crippen LogP) is 3.41. The molecule has 116 valence electrons. The van der Waals surface area contributed by atoms with E-state index in [9.17, 15) is 9.59 Å². The zero-order valence-corrected chi connectivity index (χ0v) is 13.3. The number of amides is 1. The summed E-state index contributed by atoms with van der Waals surface area (Å²) in [5.74, 6) is -0.229. The van der Waals surface area contributed by atoms with Gasteiger partial charge in [0.25, 0.3) is 5.91 Å². The van der Waals surface area contributed by atoms with Crippen molar-refractivity contribution in [2.45, 2.75) is 20.8 Å². The van der Waals surface area contributed by atoms with Crippen molar-refractivity contribution >= 4 is 23.0 Å². The topological polar surface area (TPSA) is 63.5 Å². The van der Waals surface area contributed by atoms with Gasteiger partial charge < -0.3 is 5.32 Å². The van der Waals surface area contributed by atoms with Crippen LogP contribution in [0.2, 0.25) is 0 Å². The van der Waals surface area contributed by atoms with E-state index in [1.165, 1.54) is 6.92 Å². The number of hydrogen-bond acceptors (Lipinski definition) is 3. The van der Waals surface area contributed by atoms with Gasteiger partial charge in [0.15, 0.2) is 5.78 Å². The average Bonchev–Trinajstić information content (AvgIpc) is 2.85. The van der Waals surface area contributed by atoms with E-state index in [-0.39, 0.29) is 11.7 Å². The lowest BCUT2D eigenvalue weighted by Crippen LogP contribution is -2.15. The van der Waals surface area contributed by atoms with Gasteiger partial charge in [0.1, 0.15) is 11.3 Å². The van der Waals surface area contributed by atoms with Crippen LogP contribution in [-0.4, -0.2) is 21.1 Å². The number of Topliss-reactive ketones (excluding diaryl/α,β-unsaturated/α-hetero) is 1. The first-order valence-electron chi connectivity index (χ1n) is 7.34. The van der Waals surface area contributed by atoms with Gasteiger partial charge in [0.2, 0.25) is 0 Å². The molecule has 0 aliphatic heterocycles. The van der Waals surface area contributed by atoms with Crippen LogP contribution in [0.25, 0.3) is 5.65 Å². The molecule has 3 aromatic rings. The molecule has 0 bridgehead atoms. The van der Waals surface area contributed by atoms with Crippen molar-refractivity contribution in [1.82, 2.24) is 9.38 Å². The van der Waals surface area contributed by atoms with Gasteiger partial charge in [-0.2, -0.15) is 0 Å². The van der Waals surface area contributed by atoms with Crippen molar-refractivity contribution in [1.29, 1.82) is 0 Å². The highest BCUT2D eigenvalue weighted by molar-refractivity contribution is 6.04. The summed E-state index contributed by atoms with van der Waals surface area (Å²) in [7, 11) is 0. The molecule has 0 unspecified atom stereocenters. The van der Waals surface area contributed by atoms with Crippen LogP contribution in [0.5, 0.6) is 0 Å². The molecule has 0 aliphatic rings. The first-order valence-corrected chi connectivity index (χ1v) is 7.34. The van der Waals surface area contributed by atoms with Gasteiger partial charge in [-0.05, 0) is 56.7 Å². The van der Waals surface area contributed by atoms with Gasteiger partial charge in [-0.3, -0.25) is 14.0 Å². The Hall–Kier alpha value is -2.95. The second-order valence-corrected chi connectivity index (χ2v) is 5.52. The monoisotopic (exact) mass is 307 g/mol. The summed E-state index contributed by atoms with van der Waals surface area (Å²) in [6, 6.07) is 10.7. The molecule has 5 nitrogen and oxygen atoms in total. The lowest BCUT2D eigenvalue weighted by molar-refractivity contribution is 0.101. The largest absolute Gasteiger partial charge is 0.321 e. The maximum atomic E-state index is 12.6. The van der Waals surface area contributed by atoms with Crippen molar-refractivity contribution in [3.63, 3.8) is 0 Å². The zero-order valence-electron chi connectivity index (χ0n) is 13.3. The van der Waals surface area contributed by atoms with Crippen LogP contribution in [-0.2, 0) is 0 Å². The van der Waals surface area contributed by atoms with E-state index in [1.807, 2.05) is 32.2 Å². The van der Waals surface area contributed by atoms with E-state index < -0.39 is 0 Å². The van der Waals surface area contributed by atoms with E-state index in [0.717, 1.165) is 11.2 Å². The Morgan fingerprint density at radius 1 is 1.09 bits per heavy atom. The van der Waals surface area contributed by atoms with E-state index >= 15 is 0 Å². The number of imidazole rings is 1. The SMILES string of the molecule is CC(=O)c1ccc(NC(=O)c2c(C)nc3c(C)cccn23)cc1. The highest BCUT2D eigenvalue weighted by Crippen LogP contribution is 2.17. The molecular weight excluding hydrogens is 290 g/mol. The number of ketones is 1. The molecule has 1 amide bonds. The van der Waals surface area contributed by atoms with Gasteiger partial charge in [-0.15, -0.1) is 0 Å². The highest BCUT2D eigenvalue weighted by atomic mass is 16.2. The van der Waals surface area contributed by atoms with Gasteiger partial charge in [0.05, 0.1) is 5.69 Å². The minimum atomic E-state index is -0.226. The Morgan fingerprint density at radius 3 is 2.43 bits per heavy atom. The lowest BCUT2D eigenvalue weighted by Gasteiger charge is -2.07. The number of anilines is 1. The van der Waals surface area contributed by atoms with E-state index in [1.54, 1.807) is 28.7 Å². The molecule has 0 saturated carbocycles. The number of benzene rings is 1. The molecule has 0 fully saturated rings. The smallest absolute Gasteiger partial charge is 0.274 e. The fourth-order valence-electron chi connectivity index (χ4n) is 2.57. The summed E-state index contributed by atoms with van der Waals surface area (Å²) in [5.41, 5.74) is 4.24. The Labute approximate surface area is 134 Å². The number of pyridine rings is 1. The van der Waals surface area contributed by atoms with Crippen LogP contribution in [0.3, 0.4) is 0 Å². The normalized spacial score (nSPS) is 10.7. The number of aromatic nitrogens is 2. The number of carbonyl (C=O) groups excluding carboxylic acids is 2. The molecule has 23 heavy (non-hydrogen) atoms. The lowest BCUT2D eigenvalue weighted by atomic mass is 10.1. The molecule has 2 aromatic heterocycles. The van der Waals surface area contributed by atoms with Crippen molar-refractivity contribution in [3.05, 3.63) is 65.1 Å². The van der Waals surface area contributed by atoms with Crippen LogP contribution in [0.15, 0.2) is 42.6 Å². The van der Waals surface area contributed by atoms with Crippen LogP contribution in [0, 0.1) is 13.8 Å². The van der Waals surface area contributed by atoms with Crippen LogP contribution >= 0.6 is 0 Å². The highest BCUT2D eigenvalue weighted by Gasteiger charge is 2.17. The summed E-state index contributed by atoms with van der Waals surface area (Å²) >= 11 is 0. The first kappa shape index (κ1) is 15.0. The third kappa shape index (κ3) is 2.73. The fraction of sp³-hybridized carbons (Fsp3) is 0.167. The minimum Gasteiger partial charge on any atom is -0.321 e. The molecular formula is C18H17N3O2. The quantitative estimate of drug-likeness (QED) is 0.754. The number of nitrogens with one attached hydrogen (secondary N) is 1. The number of fused-ring (bicyclic) bond motifs is 1. The van der Waals surface area contributed by atoms with Gasteiger partial charge in [-0.25, -0.2) is 4.98 Å². The number of carbonyl (C=O) groups is 2. The molecule has 0 aliphatic carbocycles. The minimum absolute atomic E-state index is 0.00372. The van der Waals surface area contributed by atoms with Gasteiger partial charge in [-0.1, -0.05) is 6.07 Å². The zero-order chi connectivity index (χ0) is 16.6. The van der Waals surface area contributed by atoms with Crippen LogP contribution in [0.4, 0.5) is 5.69 Å². The van der Waals surface area contributed by atoms with Gasteiger partial charge >= 0.3 is 0 Å². The first-order chi connectivity index (χ1) is 11.0. The Balaban J connectivity index is 1.93. The third-order valence-corrected chi connectivity index (χ3v) is 3.78. The Bertz CT molecular complexity index is 908. The number of rotatable bonds is 3. The maximum Gasteiger partial charge on any atom is 0.274 e. The molecule has 0 atom stereocenters. The number of hydrogen-bond donors (Lipinski definition) is 1. The summed E-state index contributed by atoms with van der Waals surface area (Å²) < 4.78 is 1.80. The molecule has 0 saturated heterocycles. The second-order valence-electron chi connectivity index (χ2n) is 5.52. The summed E-state index contributed by atoms with van der Waals surface area (Å²) in [6.45, 7) is 5.29. The molecule has 5 heteroatoms. The van der Waals surface area contributed by atoms with Gasteiger partial charge in [0, 0.05) is 17.4 Å². The third-order valence-electron chi connectivity index (χ3n) is 3.78. The van der Waals surface area contributed by atoms with Crippen molar-refractivity contribution in [2.75, 3.05) is 5.32 Å². The van der Waals surface area contributed by atoms with E-state index in [2.05, 4.69) is 10.3 Å². The summed E-state index contributed by atoms with van der Waals surface area (Å²) in [5, 5.41) is 2.85. The van der Waals surface area contributed by atoms with Crippen LogP contribution in [0.1, 0.15) is 39.0 Å². The summed E-state index contributed by atoms with van der Waals surface area (Å²) in [6.07, 6.45) is 1.83. The summed E-state index contributed by atoms with van der Waals surface area (Å²) in [4.78, 5) is 28.4. The van der Waals surface area contributed by atoms with Crippen molar-refractivity contribution in [2.24, 2.45) is 0 Å². The molecule has 0 spiro atoms. The molecule has 3 rings (SSSR count). The standard InChI is InChI=1S/C18H17N3O2/c1-11-5-4-10-21-16(12(2)19-17(11)21)18(23)20-15-8-6-14(7-9-15)13(3)22/h4-10H,1-3H3,(H,20,23). The predicted molar refractivity (Wildman–Crippen MR) is 89.1 cm³/mol. The average molecular weight is 307 g/mol. The van der Waals surface area contributed by atoms with E-state index in [0.29, 0.717) is 22.6 Å². The second kappa shape index (κ2) is 5.68. The fourth-order valence-corrected chi connectivity index (χ4v) is 2.57. The van der Waals surface area contributed by atoms with E-state index in [4.69, 9.17) is 0 Å². The number of aryl methyl sites for hydroxylation is 2.